The van der Waals surface area contributed by atoms with Gasteiger partial charge in [0.1, 0.15) is 11.2 Å². The fourth-order valence-corrected chi connectivity index (χ4v) is 7.47. The third kappa shape index (κ3) is 4.44. The van der Waals surface area contributed by atoms with Crippen LogP contribution in [0.4, 0.5) is 17.1 Å². The number of furan rings is 1. The van der Waals surface area contributed by atoms with Gasteiger partial charge in [-0.05, 0) is 83.2 Å². The van der Waals surface area contributed by atoms with Gasteiger partial charge in [0, 0.05) is 55.7 Å². The van der Waals surface area contributed by atoms with Crippen LogP contribution >= 0.6 is 0 Å². The number of hydrogen-bond donors (Lipinski definition) is 0. The molecule has 3 heteroatoms. The lowest BCUT2D eigenvalue weighted by atomic mass is 10.0. The van der Waals surface area contributed by atoms with Crippen LogP contribution in [0.3, 0.4) is 0 Å². The molecule has 0 atom stereocenters. The van der Waals surface area contributed by atoms with E-state index in [0.717, 1.165) is 50.1 Å². The molecule has 0 aliphatic rings. The van der Waals surface area contributed by atoms with Gasteiger partial charge in [-0.3, -0.25) is 0 Å². The van der Waals surface area contributed by atoms with Crippen LogP contribution in [-0.2, 0) is 0 Å². The van der Waals surface area contributed by atoms with Crippen LogP contribution < -0.4 is 4.90 Å². The van der Waals surface area contributed by atoms with E-state index in [0.29, 0.717) is 0 Å². The standard InChI is InChI=1S/C46H30N2O/c1-3-11-31(12-4-1)32-19-22-35(23-20-32)47(37-24-27-40-41-26-21-33-13-7-8-16-38(33)46(41)49-45(40)30-37)36-25-28-44-42(29-36)39-17-9-10-18-43(39)48(44)34-14-5-2-6-15-34/h1-30H. The Morgan fingerprint density at radius 2 is 1.00 bits per heavy atom. The lowest BCUT2D eigenvalue weighted by Gasteiger charge is -2.26. The molecule has 0 radical (unpaired) electrons. The predicted octanol–water partition coefficient (Wildman–Crippen LogP) is 13.0. The highest BCUT2D eigenvalue weighted by Gasteiger charge is 2.19. The zero-order valence-corrected chi connectivity index (χ0v) is 26.6. The molecule has 49 heavy (non-hydrogen) atoms. The first kappa shape index (κ1) is 27.5. The van der Waals surface area contributed by atoms with Gasteiger partial charge >= 0.3 is 0 Å². The third-order valence-electron chi connectivity index (χ3n) is 9.77. The molecule has 0 amide bonds. The van der Waals surface area contributed by atoms with Gasteiger partial charge in [-0.25, -0.2) is 0 Å². The van der Waals surface area contributed by atoms with Crippen molar-refractivity contribution in [3.63, 3.8) is 0 Å². The molecule has 0 spiro atoms. The minimum Gasteiger partial charge on any atom is -0.455 e. The second kappa shape index (κ2) is 11.0. The molecule has 0 fully saturated rings. The summed E-state index contributed by atoms with van der Waals surface area (Å²) in [6.07, 6.45) is 0. The first-order valence-corrected chi connectivity index (χ1v) is 16.7. The summed E-state index contributed by atoms with van der Waals surface area (Å²) >= 11 is 0. The maximum atomic E-state index is 6.66. The van der Waals surface area contributed by atoms with Crippen LogP contribution in [0.15, 0.2) is 186 Å². The van der Waals surface area contributed by atoms with Crippen molar-refractivity contribution in [3.05, 3.63) is 182 Å². The second-order valence-electron chi connectivity index (χ2n) is 12.6. The number of benzene rings is 8. The second-order valence-corrected chi connectivity index (χ2v) is 12.6. The molecule has 230 valence electrons. The molecule has 2 aromatic heterocycles. The molecule has 0 unspecified atom stereocenters. The van der Waals surface area contributed by atoms with Gasteiger partial charge in [0.2, 0.25) is 0 Å². The minimum atomic E-state index is 0.872. The molecule has 3 nitrogen and oxygen atoms in total. The average molecular weight is 627 g/mol. The monoisotopic (exact) mass is 626 g/mol. The number of nitrogens with zero attached hydrogens (tertiary/aromatic N) is 2. The molecule has 10 aromatic rings. The average Bonchev–Trinajstić information content (AvgIpc) is 3.71. The molecule has 0 aliphatic carbocycles. The van der Waals surface area contributed by atoms with Crippen molar-refractivity contribution in [2.75, 3.05) is 4.90 Å². The van der Waals surface area contributed by atoms with E-state index in [9.17, 15) is 0 Å². The fourth-order valence-electron chi connectivity index (χ4n) is 7.47. The Labute approximate surface area is 283 Å². The van der Waals surface area contributed by atoms with E-state index < -0.39 is 0 Å². The van der Waals surface area contributed by atoms with E-state index in [-0.39, 0.29) is 0 Å². The summed E-state index contributed by atoms with van der Waals surface area (Å²) in [6.45, 7) is 0. The van der Waals surface area contributed by atoms with Crippen molar-refractivity contribution < 1.29 is 4.42 Å². The number of anilines is 3. The summed E-state index contributed by atoms with van der Waals surface area (Å²) in [5.74, 6) is 0. The quantitative estimate of drug-likeness (QED) is 0.190. The summed E-state index contributed by atoms with van der Waals surface area (Å²) < 4.78 is 9.01. The molecule has 0 saturated carbocycles. The fraction of sp³-hybridized carbons (Fsp3) is 0. The van der Waals surface area contributed by atoms with Gasteiger partial charge in [-0.1, -0.05) is 109 Å². The summed E-state index contributed by atoms with van der Waals surface area (Å²) in [5.41, 5.74) is 10.9. The van der Waals surface area contributed by atoms with Gasteiger partial charge in [-0.2, -0.15) is 0 Å². The Bertz CT molecular complexity index is 2810. The molecular weight excluding hydrogens is 597 g/mol. The number of rotatable bonds is 5. The zero-order valence-electron chi connectivity index (χ0n) is 26.6. The summed E-state index contributed by atoms with van der Waals surface area (Å²) in [4.78, 5) is 2.34. The highest BCUT2D eigenvalue weighted by Crippen LogP contribution is 2.42. The largest absolute Gasteiger partial charge is 0.455 e. The summed E-state index contributed by atoms with van der Waals surface area (Å²) in [5, 5.41) is 6.99. The van der Waals surface area contributed by atoms with E-state index in [1.807, 2.05) is 0 Å². The summed E-state index contributed by atoms with van der Waals surface area (Å²) in [6, 6.07) is 64.9. The molecule has 2 heterocycles. The Morgan fingerprint density at radius 3 is 1.84 bits per heavy atom. The van der Waals surface area contributed by atoms with Gasteiger partial charge < -0.3 is 13.9 Å². The number of hydrogen-bond acceptors (Lipinski definition) is 2. The Morgan fingerprint density at radius 1 is 0.388 bits per heavy atom. The van der Waals surface area contributed by atoms with Crippen LogP contribution in [-0.4, -0.2) is 4.57 Å². The van der Waals surface area contributed by atoms with Crippen LogP contribution in [0.1, 0.15) is 0 Å². The van der Waals surface area contributed by atoms with E-state index >= 15 is 0 Å². The molecule has 0 saturated heterocycles. The smallest absolute Gasteiger partial charge is 0.143 e. The van der Waals surface area contributed by atoms with Crippen molar-refractivity contribution in [1.29, 1.82) is 0 Å². The van der Waals surface area contributed by atoms with Crippen LogP contribution in [0.25, 0.3) is 71.3 Å². The first-order valence-electron chi connectivity index (χ1n) is 16.7. The Balaban J connectivity index is 1.18. The molecule has 0 bridgehead atoms. The van der Waals surface area contributed by atoms with Gasteiger partial charge in [0.05, 0.1) is 11.0 Å². The number of aromatic nitrogens is 1. The van der Waals surface area contributed by atoms with E-state index in [4.69, 9.17) is 4.42 Å². The highest BCUT2D eigenvalue weighted by molar-refractivity contribution is 6.15. The van der Waals surface area contributed by atoms with Crippen molar-refractivity contribution in [2.24, 2.45) is 0 Å². The molecule has 0 N–H and O–H groups in total. The maximum Gasteiger partial charge on any atom is 0.143 e. The third-order valence-corrected chi connectivity index (χ3v) is 9.77. The normalized spacial score (nSPS) is 11.7. The van der Waals surface area contributed by atoms with Crippen molar-refractivity contribution >= 4 is 71.6 Å². The molecule has 0 aliphatic heterocycles. The van der Waals surface area contributed by atoms with Crippen molar-refractivity contribution in [2.45, 2.75) is 0 Å². The molecule has 10 rings (SSSR count). The van der Waals surface area contributed by atoms with E-state index in [1.54, 1.807) is 0 Å². The minimum absolute atomic E-state index is 0.872. The van der Waals surface area contributed by atoms with Crippen LogP contribution in [0.2, 0.25) is 0 Å². The highest BCUT2D eigenvalue weighted by atomic mass is 16.3. The predicted molar refractivity (Wildman–Crippen MR) is 206 cm³/mol. The van der Waals surface area contributed by atoms with Crippen LogP contribution in [0.5, 0.6) is 0 Å². The molecular formula is C46H30N2O. The van der Waals surface area contributed by atoms with Crippen LogP contribution in [0, 0.1) is 0 Å². The van der Waals surface area contributed by atoms with Crippen molar-refractivity contribution in [3.8, 4) is 16.8 Å². The first-order chi connectivity index (χ1) is 24.3. The number of para-hydroxylation sites is 2. The number of fused-ring (bicyclic) bond motifs is 8. The summed E-state index contributed by atoms with van der Waals surface area (Å²) in [7, 11) is 0. The van der Waals surface area contributed by atoms with E-state index in [2.05, 4.69) is 191 Å². The van der Waals surface area contributed by atoms with E-state index in [1.165, 1.54) is 38.3 Å². The Hall–Kier alpha value is -6.58. The van der Waals surface area contributed by atoms with Crippen molar-refractivity contribution in [1.82, 2.24) is 4.57 Å². The molecule has 8 aromatic carbocycles. The van der Waals surface area contributed by atoms with Gasteiger partial charge in [-0.15, -0.1) is 0 Å². The lowest BCUT2D eigenvalue weighted by molar-refractivity contribution is 0.672. The van der Waals surface area contributed by atoms with Gasteiger partial charge in [0.15, 0.2) is 0 Å². The zero-order chi connectivity index (χ0) is 32.3. The lowest BCUT2D eigenvalue weighted by Crippen LogP contribution is -2.09. The SMILES string of the molecule is c1ccc(-c2ccc(N(c3ccc4c(c3)oc3c5ccccc5ccc43)c3ccc4c(c3)c3ccccc3n4-c3ccccc3)cc2)cc1. The topological polar surface area (TPSA) is 21.3 Å². The Kier molecular flexibility index (Phi) is 6.18. The van der Waals surface area contributed by atoms with Gasteiger partial charge in [0.25, 0.3) is 0 Å². The maximum absolute atomic E-state index is 6.66.